The largest absolute Gasteiger partial charge is 0.355 e. The van der Waals surface area contributed by atoms with Gasteiger partial charge in [0.2, 0.25) is 5.91 Å². The molecule has 1 aromatic carbocycles. The summed E-state index contributed by atoms with van der Waals surface area (Å²) in [6, 6.07) is 4.91. The number of benzene rings is 1. The van der Waals surface area contributed by atoms with Gasteiger partial charge in [0.25, 0.3) is 0 Å². The van der Waals surface area contributed by atoms with Crippen LogP contribution in [0.25, 0.3) is 0 Å². The Labute approximate surface area is 108 Å². The van der Waals surface area contributed by atoms with Crippen LogP contribution < -0.4 is 10.6 Å². The molecule has 0 radical (unpaired) electrons. The Kier molecular flexibility index (Phi) is 4.12. The Morgan fingerprint density at radius 1 is 1.53 bits per heavy atom. The molecule has 92 valence electrons. The molecule has 1 aliphatic rings. The first kappa shape index (κ1) is 12.5. The van der Waals surface area contributed by atoms with Gasteiger partial charge in [-0.1, -0.05) is 15.9 Å². The maximum Gasteiger partial charge on any atom is 0.220 e. The van der Waals surface area contributed by atoms with E-state index in [0.717, 1.165) is 16.5 Å². The Bertz CT molecular complexity index is 415. The van der Waals surface area contributed by atoms with Crippen LogP contribution in [0.2, 0.25) is 0 Å². The molecule has 1 aliphatic heterocycles. The van der Waals surface area contributed by atoms with Gasteiger partial charge in [0.1, 0.15) is 5.82 Å². The molecule has 1 unspecified atom stereocenters. The van der Waals surface area contributed by atoms with Gasteiger partial charge in [-0.15, -0.1) is 0 Å². The third-order valence-corrected chi connectivity index (χ3v) is 3.63. The zero-order valence-corrected chi connectivity index (χ0v) is 10.9. The molecule has 1 heterocycles. The molecule has 5 heteroatoms. The van der Waals surface area contributed by atoms with Crippen molar-refractivity contribution in [3.05, 3.63) is 34.1 Å². The summed E-state index contributed by atoms with van der Waals surface area (Å²) in [4.78, 5) is 11.0. The number of rotatable bonds is 3. The number of piperidine rings is 1. The van der Waals surface area contributed by atoms with E-state index in [9.17, 15) is 9.18 Å². The molecule has 0 aromatic heterocycles. The van der Waals surface area contributed by atoms with E-state index in [0.29, 0.717) is 19.5 Å². The van der Waals surface area contributed by atoms with Crippen molar-refractivity contribution in [1.82, 2.24) is 10.6 Å². The van der Waals surface area contributed by atoms with Crippen molar-refractivity contribution in [1.29, 1.82) is 0 Å². The molecule has 1 fully saturated rings. The SMILES string of the molecule is O=C1CCC(NCc2cc(F)ccc2Br)CN1. The topological polar surface area (TPSA) is 41.1 Å². The monoisotopic (exact) mass is 300 g/mol. The van der Waals surface area contributed by atoms with Crippen molar-refractivity contribution in [3.63, 3.8) is 0 Å². The minimum Gasteiger partial charge on any atom is -0.355 e. The van der Waals surface area contributed by atoms with Crippen LogP contribution in [0.3, 0.4) is 0 Å². The normalized spacial score (nSPS) is 20.1. The van der Waals surface area contributed by atoms with Crippen molar-refractivity contribution >= 4 is 21.8 Å². The second-order valence-corrected chi connectivity index (χ2v) is 5.01. The molecule has 0 aliphatic carbocycles. The summed E-state index contributed by atoms with van der Waals surface area (Å²) in [6.45, 7) is 1.24. The molecular formula is C12H14BrFN2O. The summed E-state index contributed by atoms with van der Waals surface area (Å²) in [5.41, 5.74) is 0.891. The van der Waals surface area contributed by atoms with Crippen molar-refractivity contribution in [2.24, 2.45) is 0 Å². The molecule has 0 spiro atoms. The second kappa shape index (κ2) is 5.60. The highest BCUT2D eigenvalue weighted by Crippen LogP contribution is 2.18. The molecule has 17 heavy (non-hydrogen) atoms. The van der Waals surface area contributed by atoms with E-state index in [1.165, 1.54) is 12.1 Å². The van der Waals surface area contributed by atoms with Crippen LogP contribution in [0, 0.1) is 5.82 Å². The average molecular weight is 301 g/mol. The summed E-state index contributed by atoms with van der Waals surface area (Å²) < 4.78 is 14.0. The van der Waals surface area contributed by atoms with E-state index in [2.05, 4.69) is 26.6 Å². The van der Waals surface area contributed by atoms with Crippen LogP contribution in [0.4, 0.5) is 4.39 Å². The molecule has 0 saturated carbocycles. The maximum absolute atomic E-state index is 13.1. The lowest BCUT2D eigenvalue weighted by Crippen LogP contribution is -2.45. The Balaban J connectivity index is 1.89. The lowest BCUT2D eigenvalue weighted by atomic mass is 10.1. The van der Waals surface area contributed by atoms with Crippen LogP contribution in [-0.2, 0) is 11.3 Å². The number of hydrogen-bond acceptors (Lipinski definition) is 2. The van der Waals surface area contributed by atoms with Crippen molar-refractivity contribution in [2.45, 2.75) is 25.4 Å². The zero-order chi connectivity index (χ0) is 12.3. The number of carbonyl (C=O) groups excluding carboxylic acids is 1. The fourth-order valence-electron chi connectivity index (χ4n) is 1.84. The highest BCUT2D eigenvalue weighted by Gasteiger charge is 2.17. The van der Waals surface area contributed by atoms with Gasteiger partial charge < -0.3 is 10.6 Å². The number of nitrogens with one attached hydrogen (secondary N) is 2. The quantitative estimate of drug-likeness (QED) is 0.896. The molecular weight excluding hydrogens is 287 g/mol. The van der Waals surface area contributed by atoms with Crippen LogP contribution in [-0.4, -0.2) is 18.5 Å². The van der Waals surface area contributed by atoms with Gasteiger partial charge in [-0.05, 0) is 30.2 Å². The molecule has 1 aromatic rings. The van der Waals surface area contributed by atoms with E-state index < -0.39 is 0 Å². The highest BCUT2D eigenvalue weighted by atomic mass is 79.9. The molecule has 0 bridgehead atoms. The predicted octanol–water partition coefficient (Wildman–Crippen LogP) is 1.96. The summed E-state index contributed by atoms with van der Waals surface area (Å²) >= 11 is 3.39. The van der Waals surface area contributed by atoms with E-state index in [1.807, 2.05) is 0 Å². The fourth-order valence-corrected chi connectivity index (χ4v) is 2.23. The molecule has 2 N–H and O–H groups in total. The number of hydrogen-bond donors (Lipinski definition) is 2. The molecule has 1 atom stereocenters. The summed E-state index contributed by atoms with van der Waals surface area (Å²) in [7, 11) is 0. The van der Waals surface area contributed by atoms with Gasteiger partial charge in [-0.25, -0.2) is 4.39 Å². The first-order chi connectivity index (χ1) is 8.15. The fraction of sp³-hybridized carbons (Fsp3) is 0.417. The van der Waals surface area contributed by atoms with E-state index >= 15 is 0 Å². The predicted molar refractivity (Wildman–Crippen MR) is 67.0 cm³/mol. The highest BCUT2D eigenvalue weighted by molar-refractivity contribution is 9.10. The lowest BCUT2D eigenvalue weighted by Gasteiger charge is -2.23. The molecule has 3 nitrogen and oxygen atoms in total. The van der Waals surface area contributed by atoms with Crippen molar-refractivity contribution in [3.8, 4) is 0 Å². The number of halogens is 2. The van der Waals surface area contributed by atoms with Crippen LogP contribution in [0.1, 0.15) is 18.4 Å². The number of amides is 1. The van der Waals surface area contributed by atoms with Crippen molar-refractivity contribution in [2.75, 3.05) is 6.54 Å². The summed E-state index contributed by atoms with van der Waals surface area (Å²) in [5.74, 6) is -0.128. The average Bonchev–Trinajstić information content (AvgIpc) is 2.32. The first-order valence-corrected chi connectivity index (χ1v) is 6.38. The minimum atomic E-state index is -0.234. The molecule has 2 rings (SSSR count). The zero-order valence-electron chi connectivity index (χ0n) is 9.30. The van der Waals surface area contributed by atoms with E-state index in [4.69, 9.17) is 0 Å². The van der Waals surface area contributed by atoms with Crippen LogP contribution in [0.15, 0.2) is 22.7 Å². The van der Waals surface area contributed by atoms with E-state index in [1.54, 1.807) is 6.07 Å². The van der Waals surface area contributed by atoms with Gasteiger partial charge >= 0.3 is 0 Å². The van der Waals surface area contributed by atoms with Crippen LogP contribution >= 0.6 is 15.9 Å². The second-order valence-electron chi connectivity index (χ2n) is 4.16. The van der Waals surface area contributed by atoms with Gasteiger partial charge in [-0.2, -0.15) is 0 Å². The Hall–Kier alpha value is -0.940. The Morgan fingerprint density at radius 2 is 2.35 bits per heavy atom. The minimum absolute atomic E-state index is 0.106. The molecule has 1 saturated heterocycles. The van der Waals surface area contributed by atoms with Gasteiger partial charge in [-0.3, -0.25) is 4.79 Å². The summed E-state index contributed by atoms with van der Waals surface area (Å²) in [6.07, 6.45) is 1.39. The van der Waals surface area contributed by atoms with Gasteiger partial charge in [0.05, 0.1) is 0 Å². The number of carbonyl (C=O) groups is 1. The molecule has 1 amide bonds. The van der Waals surface area contributed by atoms with Crippen molar-refractivity contribution < 1.29 is 9.18 Å². The smallest absolute Gasteiger partial charge is 0.220 e. The van der Waals surface area contributed by atoms with Crippen LogP contribution in [0.5, 0.6) is 0 Å². The Morgan fingerprint density at radius 3 is 3.06 bits per heavy atom. The maximum atomic E-state index is 13.1. The van der Waals surface area contributed by atoms with Gasteiger partial charge in [0, 0.05) is 30.0 Å². The standard InChI is InChI=1S/C12H14BrFN2O/c13-11-3-1-9(14)5-8(11)6-15-10-2-4-12(17)16-7-10/h1,3,5,10,15H,2,4,6-7H2,(H,16,17). The third-order valence-electron chi connectivity index (χ3n) is 2.85. The first-order valence-electron chi connectivity index (χ1n) is 5.59. The lowest BCUT2D eigenvalue weighted by molar-refractivity contribution is -0.122. The van der Waals surface area contributed by atoms with E-state index in [-0.39, 0.29) is 17.8 Å². The summed E-state index contributed by atoms with van der Waals surface area (Å²) in [5, 5.41) is 6.12. The third kappa shape index (κ3) is 3.51. The van der Waals surface area contributed by atoms with Gasteiger partial charge in [0.15, 0.2) is 0 Å².